The first kappa shape index (κ1) is 22.7. The Morgan fingerprint density at radius 2 is 1.62 bits per heavy atom. The van der Waals surface area contributed by atoms with Crippen LogP contribution < -0.4 is 4.90 Å². The highest BCUT2D eigenvalue weighted by molar-refractivity contribution is 7.89. The molecule has 2 saturated heterocycles. The summed E-state index contributed by atoms with van der Waals surface area (Å²) in [5, 5.41) is 0. The average molecular weight is 460 g/mol. The van der Waals surface area contributed by atoms with Crippen LogP contribution in [-0.4, -0.2) is 56.3 Å². The zero-order chi connectivity index (χ0) is 22.7. The molecule has 2 aliphatic heterocycles. The molecule has 6 nitrogen and oxygen atoms in total. The number of likely N-dealkylation sites (N-methyl/N-ethyl adjacent to an activating group) is 1. The van der Waals surface area contributed by atoms with Crippen LogP contribution >= 0.6 is 0 Å². The van der Waals surface area contributed by atoms with E-state index in [9.17, 15) is 17.6 Å². The summed E-state index contributed by atoms with van der Waals surface area (Å²) in [6, 6.07) is 12.3. The Bertz CT molecular complexity index is 1040. The zero-order valence-corrected chi connectivity index (χ0v) is 19.2. The van der Waals surface area contributed by atoms with Gasteiger partial charge in [-0.1, -0.05) is 12.1 Å². The van der Waals surface area contributed by atoms with Gasteiger partial charge in [-0.25, -0.2) is 12.8 Å². The first-order valence-electron chi connectivity index (χ1n) is 11.2. The molecular formula is C24H30FN3O3S. The van der Waals surface area contributed by atoms with Gasteiger partial charge in [-0.05, 0) is 74.1 Å². The molecule has 2 aromatic carbocycles. The van der Waals surface area contributed by atoms with E-state index >= 15 is 0 Å². The minimum atomic E-state index is -3.86. The van der Waals surface area contributed by atoms with Crippen molar-refractivity contribution >= 4 is 21.6 Å². The lowest BCUT2D eigenvalue weighted by Crippen LogP contribution is -2.46. The fourth-order valence-electron chi connectivity index (χ4n) is 4.59. The van der Waals surface area contributed by atoms with Crippen molar-refractivity contribution in [2.75, 3.05) is 31.6 Å². The smallest absolute Gasteiger partial charge is 0.243 e. The number of carbonyl (C=O) groups excluding carboxylic acids is 1. The van der Waals surface area contributed by atoms with Gasteiger partial charge in [0.1, 0.15) is 11.9 Å². The number of hydrogen-bond donors (Lipinski definition) is 0. The Labute approximate surface area is 189 Å². The zero-order valence-electron chi connectivity index (χ0n) is 18.4. The molecule has 4 rings (SSSR count). The Balaban J connectivity index is 1.43. The highest BCUT2D eigenvalue weighted by Gasteiger charge is 2.40. The van der Waals surface area contributed by atoms with Crippen LogP contribution in [-0.2, 0) is 21.4 Å². The molecule has 0 saturated carbocycles. The van der Waals surface area contributed by atoms with Crippen molar-refractivity contribution in [3.8, 4) is 0 Å². The Morgan fingerprint density at radius 1 is 0.969 bits per heavy atom. The van der Waals surface area contributed by atoms with Crippen molar-refractivity contribution in [3.05, 3.63) is 59.9 Å². The number of amides is 1. The predicted molar refractivity (Wildman–Crippen MR) is 122 cm³/mol. The predicted octanol–water partition coefficient (Wildman–Crippen LogP) is 3.63. The topological polar surface area (TPSA) is 60.9 Å². The molecule has 32 heavy (non-hydrogen) atoms. The molecule has 0 radical (unpaired) electrons. The number of sulfonamides is 1. The molecule has 2 aliphatic rings. The number of anilines is 1. The van der Waals surface area contributed by atoms with Crippen LogP contribution in [0, 0.1) is 5.82 Å². The van der Waals surface area contributed by atoms with Gasteiger partial charge < -0.3 is 9.80 Å². The number of rotatable bonds is 6. The molecule has 2 aromatic rings. The second kappa shape index (κ2) is 9.58. The van der Waals surface area contributed by atoms with Gasteiger partial charge in [-0.2, -0.15) is 4.31 Å². The summed E-state index contributed by atoms with van der Waals surface area (Å²) in [6.07, 6.45) is 4.83. The summed E-state index contributed by atoms with van der Waals surface area (Å²) in [5.41, 5.74) is 2.21. The fraction of sp³-hybridized carbons (Fsp3) is 0.458. The molecule has 172 valence electrons. The molecule has 2 heterocycles. The lowest BCUT2D eigenvalue weighted by atomic mass is 10.1. The van der Waals surface area contributed by atoms with Gasteiger partial charge in [0.05, 0.1) is 4.90 Å². The second-order valence-corrected chi connectivity index (χ2v) is 10.5. The van der Waals surface area contributed by atoms with Gasteiger partial charge in [0.2, 0.25) is 15.9 Å². The summed E-state index contributed by atoms with van der Waals surface area (Å²) in [7, 11) is -2.15. The fourth-order valence-corrected chi connectivity index (χ4v) is 6.24. The molecule has 0 spiro atoms. The lowest BCUT2D eigenvalue weighted by Gasteiger charge is -2.29. The van der Waals surface area contributed by atoms with Gasteiger partial charge in [-0.3, -0.25) is 4.79 Å². The van der Waals surface area contributed by atoms with E-state index < -0.39 is 21.9 Å². The molecule has 2 fully saturated rings. The Morgan fingerprint density at radius 3 is 2.28 bits per heavy atom. The third-order valence-corrected chi connectivity index (χ3v) is 8.28. The number of piperidine rings is 1. The Kier molecular flexibility index (Phi) is 6.81. The molecule has 0 N–H and O–H groups in total. The highest BCUT2D eigenvalue weighted by atomic mass is 32.2. The SMILES string of the molecule is CN(Cc1ccc(N2CCCCC2)cc1)C(=O)[C@H]1CCCN1S(=O)(=O)c1ccc(F)cc1. The van der Waals surface area contributed by atoms with E-state index in [-0.39, 0.29) is 17.3 Å². The van der Waals surface area contributed by atoms with Crippen LogP contribution in [0.5, 0.6) is 0 Å². The molecule has 8 heteroatoms. The number of carbonyl (C=O) groups is 1. The quantitative estimate of drug-likeness (QED) is 0.662. The van der Waals surface area contributed by atoms with Gasteiger partial charge >= 0.3 is 0 Å². The summed E-state index contributed by atoms with van der Waals surface area (Å²) in [5.74, 6) is -0.711. The molecular weight excluding hydrogens is 429 g/mol. The highest BCUT2D eigenvalue weighted by Crippen LogP contribution is 2.28. The molecule has 1 atom stereocenters. The van der Waals surface area contributed by atoms with Crippen molar-refractivity contribution in [1.29, 1.82) is 0 Å². The van der Waals surface area contributed by atoms with Gasteiger partial charge in [0, 0.05) is 38.9 Å². The van der Waals surface area contributed by atoms with Crippen LogP contribution in [0.15, 0.2) is 53.4 Å². The maximum Gasteiger partial charge on any atom is 0.243 e. The van der Waals surface area contributed by atoms with Crippen LogP contribution in [0.2, 0.25) is 0 Å². The second-order valence-electron chi connectivity index (χ2n) is 8.64. The number of hydrogen-bond acceptors (Lipinski definition) is 4. The summed E-state index contributed by atoms with van der Waals surface area (Å²) < 4.78 is 40.6. The molecule has 0 aliphatic carbocycles. The first-order chi connectivity index (χ1) is 15.4. The van der Waals surface area contributed by atoms with E-state index in [4.69, 9.17) is 0 Å². The minimum absolute atomic E-state index is 0.00885. The molecule has 1 amide bonds. The van der Waals surface area contributed by atoms with E-state index in [1.807, 2.05) is 12.1 Å². The summed E-state index contributed by atoms with van der Waals surface area (Å²) in [6.45, 7) is 2.87. The van der Waals surface area contributed by atoms with Crippen molar-refractivity contribution in [2.45, 2.75) is 49.6 Å². The number of halogens is 1. The number of nitrogens with zero attached hydrogens (tertiary/aromatic N) is 3. The van der Waals surface area contributed by atoms with Crippen LogP contribution in [0.1, 0.15) is 37.7 Å². The van der Waals surface area contributed by atoms with Crippen molar-refractivity contribution in [2.24, 2.45) is 0 Å². The minimum Gasteiger partial charge on any atom is -0.372 e. The van der Waals surface area contributed by atoms with Crippen LogP contribution in [0.4, 0.5) is 10.1 Å². The van der Waals surface area contributed by atoms with Gasteiger partial charge in [0.15, 0.2) is 0 Å². The van der Waals surface area contributed by atoms with E-state index in [0.29, 0.717) is 19.4 Å². The van der Waals surface area contributed by atoms with Crippen molar-refractivity contribution in [3.63, 3.8) is 0 Å². The maximum absolute atomic E-state index is 13.2. The average Bonchev–Trinajstić information content (AvgIpc) is 3.31. The van der Waals surface area contributed by atoms with Crippen molar-refractivity contribution in [1.82, 2.24) is 9.21 Å². The van der Waals surface area contributed by atoms with Crippen LogP contribution in [0.3, 0.4) is 0 Å². The third-order valence-electron chi connectivity index (χ3n) is 6.36. The Hall–Kier alpha value is -2.45. The van der Waals surface area contributed by atoms with Crippen molar-refractivity contribution < 1.29 is 17.6 Å². The van der Waals surface area contributed by atoms with E-state index in [1.54, 1.807) is 11.9 Å². The van der Waals surface area contributed by atoms with Gasteiger partial charge in [-0.15, -0.1) is 0 Å². The normalized spacial score (nSPS) is 19.8. The van der Waals surface area contributed by atoms with Gasteiger partial charge in [0.25, 0.3) is 0 Å². The first-order valence-corrected chi connectivity index (χ1v) is 12.7. The summed E-state index contributed by atoms with van der Waals surface area (Å²) in [4.78, 5) is 17.2. The lowest BCUT2D eigenvalue weighted by molar-refractivity contribution is -0.133. The molecule has 0 unspecified atom stereocenters. The molecule has 0 bridgehead atoms. The van der Waals surface area contributed by atoms with Crippen LogP contribution in [0.25, 0.3) is 0 Å². The summed E-state index contributed by atoms with van der Waals surface area (Å²) >= 11 is 0. The van der Waals surface area contributed by atoms with E-state index in [0.717, 1.165) is 30.8 Å². The maximum atomic E-state index is 13.2. The van der Waals surface area contributed by atoms with E-state index in [2.05, 4.69) is 17.0 Å². The van der Waals surface area contributed by atoms with E-state index in [1.165, 1.54) is 41.4 Å². The standard InChI is InChI=1S/C24H30FN3O3S/c1-26(18-19-7-11-21(12-8-19)27-15-3-2-4-16-27)24(29)23-6-5-17-28(23)32(30,31)22-13-9-20(25)10-14-22/h7-14,23H,2-6,15-18H2,1H3/t23-/m1/s1. The largest absolute Gasteiger partial charge is 0.372 e. The molecule has 0 aromatic heterocycles. The monoisotopic (exact) mass is 459 g/mol. The third kappa shape index (κ3) is 4.81. The number of benzene rings is 2.